The summed E-state index contributed by atoms with van der Waals surface area (Å²) in [4.78, 5) is 31.2. The predicted molar refractivity (Wildman–Crippen MR) is 87.5 cm³/mol. The number of esters is 1. The minimum absolute atomic E-state index is 0.194. The Morgan fingerprint density at radius 3 is 2.83 bits per heavy atom. The third-order valence-electron chi connectivity index (χ3n) is 3.25. The Morgan fingerprint density at radius 2 is 2.22 bits per heavy atom. The molecule has 2 aromatic rings. The van der Waals surface area contributed by atoms with Crippen molar-refractivity contribution in [2.45, 2.75) is 19.6 Å². The molecular formula is C15H21N2O5P. The first-order chi connectivity index (χ1) is 11.9. The number of carbonyl (C=O) groups excluding carboxylic acids is 1. The largest absolute Gasteiger partial charge is 0.426 e. The minimum Gasteiger partial charge on any atom is -0.426 e. The summed E-state index contributed by atoms with van der Waals surface area (Å²) in [6.07, 6.45) is 1.34. The summed E-state index contributed by atoms with van der Waals surface area (Å²) in [5, 5.41) is 0.537. The van der Waals surface area contributed by atoms with E-state index in [1.165, 1.54) is 23.4 Å². The lowest BCUT2D eigenvalue weighted by molar-refractivity contribution is -0.131. The van der Waals surface area contributed by atoms with Crippen molar-refractivity contribution < 1.29 is 28.0 Å². The third kappa shape index (κ3) is 4.65. The number of benzene rings is 1. The van der Waals surface area contributed by atoms with Gasteiger partial charge in [0.2, 0.25) is 0 Å². The molecule has 0 spiro atoms. The first-order valence-corrected chi connectivity index (χ1v) is 8.73. The maximum atomic E-state index is 11.4. The molecule has 2 N–H and O–H groups in total. The highest BCUT2D eigenvalue weighted by Crippen LogP contribution is 2.40. The first-order valence-electron chi connectivity index (χ1n) is 8.43. The van der Waals surface area contributed by atoms with Crippen LogP contribution >= 0.6 is 7.60 Å². The lowest BCUT2D eigenvalue weighted by Gasteiger charge is -2.09. The third-order valence-corrected chi connectivity index (χ3v) is 3.93. The van der Waals surface area contributed by atoms with Crippen LogP contribution in [0.5, 0.6) is 5.75 Å². The van der Waals surface area contributed by atoms with Gasteiger partial charge in [0.05, 0.1) is 5.52 Å². The van der Waals surface area contributed by atoms with Crippen molar-refractivity contribution in [1.82, 2.24) is 9.47 Å². The molecule has 1 heterocycles. The summed E-state index contributed by atoms with van der Waals surface area (Å²) in [7, 11) is -2.86. The van der Waals surface area contributed by atoms with Gasteiger partial charge in [-0.15, -0.1) is 0 Å². The fraction of sp³-hybridized carbons (Fsp3) is 0.400. The fourth-order valence-electron chi connectivity index (χ4n) is 2.44. The van der Waals surface area contributed by atoms with Crippen LogP contribution in [0.4, 0.5) is 0 Å². The highest BCUT2D eigenvalue weighted by atomic mass is 31.2. The molecule has 0 radical (unpaired) electrons. The van der Waals surface area contributed by atoms with E-state index in [1.54, 1.807) is 24.4 Å². The van der Waals surface area contributed by atoms with Crippen LogP contribution in [0.15, 0.2) is 24.4 Å². The molecule has 2 rings (SSSR count). The zero-order chi connectivity index (χ0) is 19.7. The van der Waals surface area contributed by atoms with Crippen molar-refractivity contribution in [1.29, 1.82) is 0 Å². The van der Waals surface area contributed by atoms with Crippen LogP contribution in [0.2, 0.25) is 0 Å². The van der Waals surface area contributed by atoms with E-state index in [2.05, 4.69) is 0 Å². The molecule has 1 aromatic heterocycles. The molecule has 0 saturated heterocycles. The number of rotatable bonds is 6. The molecule has 0 aliphatic carbocycles. The molecule has 8 heteroatoms. The van der Waals surface area contributed by atoms with Crippen LogP contribution in [0.25, 0.3) is 10.9 Å². The Labute approximate surface area is 138 Å². The summed E-state index contributed by atoms with van der Waals surface area (Å²) in [6.45, 7) is -0.795. The minimum atomic E-state index is -4.33. The summed E-state index contributed by atoms with van der Waals surface area (Å²) in [6, 6.07) is 4.87. The van der Waals surface area contributed by atoms with Gasteiger partial charge in [0.15, 0.2) is 0 Å². The first kappa shape index (κ1) is 13.7. The lowest BCUT2D eigenvalue weighted by atomic mass is 10.1. The van der Waals surface area contributed by atoms with E-state index in [-0.39, 0.29) is 12.3 Å². The second-order valence-corrected chi connectivity index (χ2v) is 6.96. The molecule has 7 nitrogen and oxygen atoms in total. The summed E-state index contributed by atoms with van der Waals surface area (Å²) < 4.78 is 40.2. The summed E-state index contributed by atoms with van der Waals surface area (Å²) in [5.74, 6) is -0.253. The van der Waals surface area contributed by atoms with Crippen LogP contribution in [0.3, 0.4) is 0 Å². The number of hydrogen-bond donors (Lipinski definition) is 2. The number of nitrogens with zero attached hydrogens (tertiary/aromatic N) is 2. The molecule has 0 saturated carbocycles. The number of ether oxygens (including phenoxy) is 1. The summed E-state index contributed by atoms with van der Waals surface area (Å²) >= 11 is 0. The molecule has 23 heavy (non-hydrogen) atoms. The van der Waals surface area contributed by atoms with E-state index in [0.29, 0.717) is 22.9 Å². The molecule has 126 valence electrons. The van der Waals surface area contributed by atoms with E-state index in [0.717, 1.165) is 0 Å². The van der Waals surface area contributed by atoms with E-state index in [1.807, 2.05) is 0 Å². The Hall–Kier alpha value is -1.66. The van der Waals surface area contributed by atoms with Gasteiger partial charge in [0.25, 0.3) is 0 Å². The van der Waals surface area contributed by atoms with Crippen molar-refractivity contribution in [3.8, 4) is 5.75 Å². The number of hydrogen-bond acceptors (Lipinski definition) is 4. The van der Waals surface area contributed by atoms with Crippen molar-refractivity contribution >= 4 is 24.5 Å². The Kier molecular flexibility index (Phi) is 4.09. The average molecular weight is 343 g/mol. The maximum Gasteiger partial charge on any atom is 0.345 e. The molecule has 0 fully saturated rings. The van der Waals surface area contributed by atoms with E-state index >= 15 is 0 Å². The quantitative estimate of drug-likeness (QED) is 0.472. The highest BCUT2D eigenvalue weighted by Gasteiger charge is 2.20. The summed E-state index contributed by atoms with van der Waals surface area (Å²) in [5.41, 5.74) is 1.14. The van der Waals surface area contributed by atoms with Gasteiger partial charge in [-0.05, 0) is 38.1 Å². The number of fused-ring (bicyclic) bond motifs is 1. The van der Waals surface area contributed by atoms with Crippen LogP contribution in [-0.4, -0.2) is 45.8 Å². The van der Waals surface area contributed by atoms with Crippen molar-refractivity contribution in [3.05, 3.63) is 30.0 Å². The molecule has 0 aliphatic heterocycles. The second-order valence-electron chi connectivity index (χ2n) is 5.35. The molecule has 0 amide bonds. The van der Waals surface area contributed by atoms with Crippen LogP contribution in [0.1, 0.15) is 16.6 Å². The Morgan fingerprint density at radius 1 is 1.48 bits per heavy atom. The molecule has 0 unspecified atom stereocenters. The van der Waals surface area contributed by atoms with Crippen LogP contribution < -0.4 is 4.74 Å². The van der Waals surface area contributed by atoms with E-state index in [4.69, 9.17) is 8.85 Å². The van der Waals surface area contributed by atoms with Crippen LogP contribution in [-0.2, 0) is 22.1 Å². The van der Waals surface area contributed by atoms with Crippen molar-refractivity contribution in [2.24, 2.45) is 0 Å². The molecule has 0 bridgehead atoms. The lowest BCUT2D eigenvalue weighted by Crippen LogP contribution is -2.15. The van der Waals surface area contributed by atoms with E-state index in [9.17, 15) is 19.1 Å². The molecule has 1 aromatic carbocycles. The van der Waals surface area contributed by atoms with Gasteiger partial charge >= 0.3 is 13.6 Å². The zero-order valence-electron chi connectivity index (χ0n) is 15.9. The second kappa shape index (κ2) is 6.84. The Balaban J connectivity index is 2.49. The van der Waals surface area contributed by atoms with E-state index < -0.39 is 26.8 Å². The number of aromatic nitrogens is 1. The smallest absolute Gasteiger partial charge is 0.345 e. The highest BCUT2D eigenvalue weighted by molar-refractivity contribution is 7.50. The van der Waals surface area contributed by atoms with Gasteiger partial charge < -0.3 is 24.0 Å². The average Bonchev–Trinajstić information content (AvgIpc) is 2.80. The van der Waals surface area contributed by atoms with Crippen molar-refractivity contribution in [2.75, 3.05) is 20.6 Å². The predicted octanol–water partition coefficient (Wildman–Crippen LogP) is 1.81. The number of likely N-dealkylation sites (N-methyl/N-ethyl adjacent to an activating group) is 1. The van der Waals surface area contributed by atoms with Gasteiger partial charge in [0.1, 0.15) is 12.0 Å². The van der Waals surface area contributed by atoms with Crippen LogP contribution in [0, 0.1) is 0 Å². The topological polar surface area (TPSA) is 92.0 Å². The molecule has 0 atom stereocenters. The SMILES string of the molecule is [2H]C([2H])([2H])N(C)CCc1cn(CP(=O)(O)O)c2cccc(OC(C)=O)c12. The fourth-order valence-corrected chi connectivity index (χ4v) is 3.07. The standard InChI is InChI=1S/C15H21N2O5P/c1-11(18)22-14-6-4-5-13-15(14)12(7-8-16(2)3)9-17(13)10-23(19,20)21/h4-6,9H,7-8,10H2,1-3H3,(H2,19,20,21)/i2D3. The van der Waals surface area contributed by atoms with Crippen molar-refractivity contribution in [3.63, 3.8) is 0 Å². The maximum absolute atomic E-state index is 11.4. The zero-order valence-corrected chi connectivity index (χ0v) is 13.8. The van der Waals surface area contributed by atoms with Gasteiger partial charge in [-0.1, -0.05) is 6.07 Å². The van der Waals surface area contributed by atoms with Gasteiger partial charge in [0, 0.05) is 29.2 Å². The molecule has 0 aliphatic rings. The van der Waals surface area contributed by atoms with Gasteiger partial charge in [-0.3, -0.25) is 9.36 Å². The van der Waals surface area contributed by atoms with Gasteiger partial charge in [-0.25, -0.2) is 0 Å². The molecular weight excluding hydrogens is 319 g/mol. The number of carbonyl (C=O) groups is 1. The normalized spacial score (nSPS) is 14.6. The van der Waals surface area contributed by atoms with Gasteiger partial charge in [-0.2, -0.15) is 0 Å². The monoisotopic (exact) mass is 343 g/mol. The Bertz CT molecular complexity index is 859.